The highest BCUT2D eigenvalue weighted by atomic mass is 35.5. The average Bonchev–Trinajstić information content (AvgIpc) is 2.45. The number of hydrogen-bond acceptors (Lipinski definition) is 3. The number of halogens is 3. The Hall–Kier alpha value is -0.520. The number of hydrogen-bond donors (Lipinski definition) is 3. The van der Waals surface area contributed by atoms with Gasteiger partial charge >= 0.3 is 0 Å². The van der Waals surface area contributed by atoms with Crippen LogP contribution >= 0.6 is 35.6 Å². The Morgan fingerprint density at radius 1 is 1.38 bits per heavy atom. The van der Waals surface area contributed by atoms with Gasteiger partial charge in [-0.15, -0.1) is 12.4 Å². The molecular weight excluding hydrogens is 335 g/mol. The summed E-state index contributed by atoms with van der Waals surface area (Å²) in [7, 11) is 0. The summed E-state index contributed by atoms with van der Waals surface area (Å²) < 4.78 is 0. The fourth-order valence-electron chi connectivity index (χ4n) is 2.31. The minimum Gasteiger partial charge on any atom is -0.387 e. The van der Waals surface area contributed by atoms with Crippen LogP contribution in [0, 0.1) is 5.92 Å². The molecule has 21 heavy (non-hydrogen) atoms. The molecule has 1 aromatic rings. The number of carbonyl (C=O) groups is 1. The van der Waals surface area contributed by atoms with Crippen molar-refractivity contribution in [1.82, 2.24) is 10.6 Å². The molecule has 0 saturated carbocycles. The standard InChI is InChI=1S/C14H18Cl2N2O2.ClH/c15-10-1-2-11(12(16)7-10)13(19)8-18-14(20)9-3-5-17-6-4-9;/h1-2,7,9,13,17,19H,3-6,8H2,(H,18,20);1H. The van der Waals surface area contributed by atoms with Crippen molar-refractivity contribution in [2.45, 2.75) is 18.9 Å². The molecule has 0 spiro atoms. The van der Waals surface area contributed by atoms with Crippen LogP contribution in [0.1, 0.15) is 24.5 Å². The number of carbonyl (C=O) groups excluding carboxylic acids is 1. The van der Waals surface area contributed by atoms with Gasteiger partial charge in [-0.1, -0.05) is 29.3 Å². The second-order valence-corrected chi connectivity index (χ2v) is 5.79. The average molecular weight is 354 g/mol. The van der Waals surface area contributed by atoms with Crippen molar-refractivity contribution in [2.75, 3.05) is 19.6 Å². The lowest BCUT2D eigenvalue weighted by Gasteiger charge is -2.22. The highest BCUT2D eigenvalue weighted by Gasteiger charge is 2.21. The van der Waals surface area contributed by atoms with Crippen molar-refractivity contribution < 1.29 is 9.90 Å². The molecule has 0 radical (unpaired) electrons. The number of aliphatic hydroxyl groups is 1. The van der Waals surface area contributed by atoms with Gasteiger partial charge in [-0.3, -0.25) is 4.79 Å². The van der Waals surface area contributed by atoms with Gasteiger partial charge in [0.05, 0.1) is 6.10 Å². The van der Waals surface area contributed by atoms with Crippen LogP contribution in [0.2, 0.25) is 10.0 Å². The van der Waals surface area contributed by atoms with Crippen LogP contribution < -0.4 is 10.6 Å². The van der Waals surface area contributed by atoms with Gasteiger partial charge in [-0.25, -0.2) is 0 Å². The van der Waals surface area contributed by atoms with E-state index in [1.54, 1.807) is 18.2 Å². The number of nitrogens with one attached hydrogen (secondary N) is 2. The van der Waals surface area contributed by atoms with Gasteiger partial charge < -0.3 is 15.7 Å². The van der Waals surface area contributed by atoms with Crippen molar-refractivity contribution in [3.8, 4) is 0 Å². The highest BCUT2D eigenvalue weighted by molar-refractivity contribution is 6.35. The molecule has 7 heteroatoms. The highest BCUT2D eigenvalue weighted by Crippen LogP contribution is 2.26. The van der Waals surface area contributed by atoms with E-state index in [1.807, 2.05) is 0 Å². The molecule has 2 rings (SSSR count). The van der Waals surface area contributed by atoms with Crippen molar-refractivity contribution in [3.05, 3.63) is 33.8 Å². The van der Waals surface area contributed by atoms with Gasteiger partial charge in [0, 0.05) is 28.1 Å². The summed E-state index contributed by atoms with van der Waals surface area (Å²) in [6.45, 7) is 1.89. The summed E-state index contributed by atoms with van der Waals surface area (Å²) in [5.41, 5.74) is 0.571. The fourth-order valence-corrected chi connectivity index (χ4v) is 2.84. The lowest BCUT2D eigenvalue weighted by molar-refractivity contribution is -0.126. The first kappa shape index (κ1) is 18.5. The normalized spacial score (nSPS) is 16.9. The van der Waals surface area contributed by atoms with Crippen LogP contribution in [0.3, 0.4) is 0 Å². The van der Waals surface area contributed by atoms with E-state index in [-0.39, 0.29) is 30.8 Å². The molecule has 1 heterocycles. The number of amides is 1. The maximum absolute atomic E-state index is 12.0. The van der Waals surface area contributed by atoms with Gasteiger partial charge in [0.1, 0.15) is 0 Å². The molecule has 1 fully saturated rings. The predicted octanol–water partition coefficient (Wildman–Crippen LogP) is 2.56. The van der Waals surface area contributed by atoms with Gasteiger partial charge in [-0.05, 0) is 38.1 Å². The second-order valence-electron chi connectivity index (χ2n) is 4.95. The SMILES string of the molecule is Cl.O=C(NCC(O)c1ccc(Cl)cc1Cl)C1CCNCC1. The summed E-state index contributed by atoms with van der Waals surface area (Å²) in [5, 5.41) is 17.0. The zero-order valence-corrected chi connectivity index (χ0v) is 13.8. The zero-order valence-electron chi connectivity index (χ0n) is 11.4. The number of piperidine rings is 1. The topological polar surface area (TPSA) is 61.4 Å². The molecule has 1 atom stereocenters. The maximum atomic E-state index is 12.0. The Morgan fingerprint density at radius 3 is 2.67 bits per heavy atom. The smallest absolute Gasteiger partial charge is 0.223 e. The van der Waals surface area contributed by atoms with E-state index in [1.165, 1.54) is 0 Å². The summed E-state index contributed by atoms with van der Waals surface area (Å²) in [5.74, 6) is 0.0276. The van der Waals surface area contributed by atoms with Crippen molar-refractivity contribution in [2.24, 2.45) is 5.92 Å². The summed E-state index contributed by atoms with van der Waals surface area (Å²) in [4.78, 5) is 12.0. The molecule has 1 saturated heterocycles. The minimum atomic E-state index is -0.828. The third-order valence-corrected chi connectivity index (χ3v) is 4.06. The Kier molecular flexibility index (Phi) is 7.77. The molecule has 0 bridgehead atoms. The fraction of sp³-hybridized carbons (Fsp3) is 0.500. The summed E-state index contributed by atoms with van der Waals surface area (Å²) in [6, 6.07) is 4.92. The third kappa shape index (κ3) is 5.31. The largest absolute Gasteiger partial charge is 0.387 e. The van der Waals surface area contributed by atoms with E-state index < -0.39 is 6.10 Å². The van der Waals surface area contributed by atoms with E-state index in [2.05, 4.69) is 10.6 Å². The Labute approximate surface area is 140 Å². The Morgan fingerprint density at radius 2 is 2.05 bits per heavy atom. The van der Waals surface area contributed by atoms with Gasteiger partial charge in [-0.2, -0.15) is 0 Å². The van der Waals surface area contributed by atoms with Crippen molar-refractivity contribution in [1.29, 1.82) is 0 Å². The molecular formula is C14H19Cl3N2O2. The molecule has 1 unspecified atom stereocenters. The molecule has 1 aliphatic rings. The first-order valence-electron chi connectivity index (χ1n) is 6.69. The number of rotatable bonds is 4. The van der Waals surface area contributed by atoms with Crippen LogP contribution in [0.15, 0.2) is 18.2 Å². The minimum absolute atomic E-state index is 0. The van der Waals surface area contributed by atoms with E-state index in [9.17, 15) is 9.90 Å². The van der Waals surface area contributed by atoms with Crippen LogP contribution in [0.5, 0.6) is 0 Å². The zero-order chi connectivity index (χ0) is 14.5. The van der Waals surface area contributed by atoms with Crippen LogP contribution in [0.25, 0.3) is 0 Å². The predicted molar refractivity (Wildman–Crippen MR) is 87.3 cm³/mol. The van der Waals surface area contributed by atoms with Crippen molar-refractivity contribution >= 4 is 41.5 Å². The summed E-state index contributed by atoms with van der Waals surface area (Å²) in [6.07, 6.45) is 0.846. The first-order chi connectivity index (χ1) is 9.58. The third-order valence-electron chi connectivity index (χ3n) is 3.50. The van der Waals surface area contributed by atoms with Crippen LogP contribution in [0.4, 0.5) is 0 Å². The molecule has 0 aromatic heterocycles. The van der Waals surface area contributed by atoms with Gasteiger partial charge in [0.15, 0.2) is 0 Å². The summed E-state index contributed by atoms with van der Waals surface area (Å²) >= 11 is 11.8. The van der Waals surface area contributed by atoms with Crippen LogP contribution in [-0.4, -0.2) is 30.6 Å². The first-order valence-corrected chi connectivity index (χ1v) is 7.45. The molecule has 1 aromatic carbocycles. The number of aliphatic hydroxyl groups excluding tert-OH is 1. The molecule has 1 amide bonds. The van der Waals surface area contributed by atoms with E-state index in [0.717, 1.165) is 25.9 Å². The van der Waals surface area contributed by atoms with E-state index >= 15 is 0 Å². The van der Waals surface area contributed by atoms with Gasteiger partial charge in [0.2, 0.25) is 5.91 Å². The molecule has 0 aliphatic carbocycles. The lowest BCUT2D eigenvalue weighted by Crippen LogP contribution is -2.39. The monoisotopic (exact) mass is 352 g/mol. The van der Waals surface area contributed by atoms with E-state index in [0.29, 0.717) is 15.6 Å². The molecule has 1 aliphatic heterocycles. The second kappa shape index (κ2) is 8.81. The Balaban J connectivity index is 0.00000220. The van der Waals surface area contributed by atoms with Crippen LogP contribution in [-0.2, 0) is 4.79 Å². The maximum Gasteiger partial charge on any atom is 0.223 e. The van der Waals surface area contributed by atoms with Gasteiger partial charge in [0.25, 0.3) is 0 Å². The number of benzene rings is 1. The van der Waals surface area contributed by atoms with E-state index in [4.69, 9.17) is 23.2 Å². The lowest BCUT2D eigenvalue weighted by atomic mass is 9.97. The molecule has 3 N–H and O–H groups in total. The molecule has 4 nitrogen and oxygen atoms in total. The van der Waals surface area contributed by atoms with Crippen molar-refractivity contribution in [3.63, 3.8) is 0 Å². The Bertz CT molecular complexity index is 479. The molecule has 118 valence electrons. The quantitative estimate of drug-likeness (QED) is 0.779.